The fourth-order valence-corrected chi connectivity index (χ4v) is 6.96. The van der Waals surface area contributed by atoms with Crippen LogP contribution in [0.5, 0.6) is 0 Å². The Morgan fingerprint density at radius 3 is 2.23 bits per heavy atom. The van der Waals surface area contributed by atoms with Gasteiger partial charge in [-0.2, -0.15) is 0 Å². The van der Waals surface area contributed by atoms with Crippen LogP contribution in [-0.4, -0.2) is 67.6 Å². The van der Waals surface area contributed by atoms with Crippen LogP contribution in [0.15, 0.2) is 66.0 Å². The monoisotopic (exact) mass is 557 g/mol. The smallest absolute Gasteiger partial charge is 0.268 e. The summed E-state index contributed by atoms with van der Waals surface area (Å²) in [5.74, 6) is 1.85. The molecule has 3 heterocycles. The number of hydrogen-bond acceptors (Lipinski definition) is 5. The Morgan fingerprint density at radius 2 is 1.62 bits per heavy atom. The van der Waals surface area contributed by atoms with E-state index in [2.05, 4.69) is 49.9 Å². The zero-order valence-electron chi connectivity index (χ0n) is 23.7. The second-order valence-electron chi connectivity index (χ2n) is 12.5. The van der Waals surface area contributed by atoms with E-state index in [1.54, 1.807) is 0 Å². The van der Waals surface area contributed by atoms with Gasteiger partial charge < -0.3 is 14.5 Å². The van der Waals surface area contributed by atoms with Gasteiger partial charge in [-0.1, -0.05) is 51.1 Å². The van der Waals surface area contributed by atoms with Crippen molar-refractivity contribution < 1.29 is 14.3 Å². The van der Waals surface area contributed by atoms with E-state index < -0.39 is 0 Å². The Balaban J connectivity index is 1.10. The molecule has 1 aliphatic carbocycles. The molecule has 7 heteroatoms. The molecular formula is C33H39N3O3S. The number of carbonyl (C=O) groups is 2. The second kappa shape index (κ2) is 11.1. The number of amides is 2. The number of benzene rings is 2. The lowest BCUT2D eigenvalue weighted by Gasteiger charge is -2.27. The van der Waals surface area contributed by atoms with Crippen LogP contribution in [0.3, 0.4) is 0 Å². The molecular weight excluding hydrogens is 518 g/mol. The van der Waals surface area contributed by atoms with Gasteiger partial charge in [0, 0.05) is 50.5 Å². The highest BCUT2D eigenvalue weighted by Crippen LogP contribution is 2.52. The highest BCUT2D eigenvalue weighted by Gasteiger charge is 2.56. The molecule has 3 aromatic rings. The fraction of sp³-hybridized carbons (Fsp3) is 0.455. The number of carbonyl (C=O) groups excluding carboxylic acids is 2. The van der Waals surface area contributed by atoms with E-state index in [1.165, 1.54) is 22.5 Å². The third-order valence-corrected chi connectivity index (χ3v) is 9.63. The Bertz CT molecular complexity index is 1310. The normalized spacial score (nSPS) is 22.7. The third kappa shape index (κ3) is 5.73. The first-order chi connectivity index (χ1) is 19.3. The molecule has 210 valence electrons. The highest BCUT2D eigenvalue weighted by molar-refractivity contribution is 7.12. The van der Waals surface area contributed by atoms with Gasteiger partial charge in [-0.25, -0.2) is 0 Å². The van der Waals surface area contributed by atoms with Gasteiger partial charge in [0.2, 0.25) is 0 Å². The van der Waals surface area contributed by atoms with Crippen molar-refractivity contribution >= 4 is 28.8 Å². The van der Waals surface area contributed by atoms with E-state index in [0.717, 1.165) is 36.7 Å². The summed E-state index contributed by atoms with van der Waals surface area (Å²) in [6.07, 6.45) is 0. The molecule has 0 bridgehead atoms. The fourth-order valence-electron chi connectivity index (χ4n) is 6.29. The van der Waals surface area contributed by atoms with Crippen LogP contribution in [0.2, 0.25) is 0 Å². The van der Waals surface area contributed by atoms with Crippen molar-refractivity contribution in [1.29, 1.82) is 0 Å². The summed E-state index contributed by atoms with van der Waals surface area (Å²) in [6.45, 7) is 13.0. The van der Waals surface area contributed by atoms with Crippen LogP contribution in [0.4, 0.5) is 5.69 Å². The number of morpholine rings is 1. The zero-order valence-corrected chi connectivity index (χ0v) is 24.5. The number of nitrogens with zero attached hydrogens (tertiary/aromatic N) is 3. The molecule has 0 spiro atoms. The van der Waals surface area contributed by atoms with E-state index >= 15 is 0 Å². The molecule has 1 saturated carbocycles. The number of thiophene rings is 1. The predicted octanol–water partition coefficient (Wildman–Crippen LogP) is 5.54. The third-order valence-electron chi connectivity index (χ3n) is 8.77. The van der Waals surface area contributed by atoms with Crippen molar-refractivity contribution in [1.82, 2.24) is 9.80 Å². The van der Waals surface area contributed by atoms with Gasteiger partial charge in [0.05, 0.1) is 18.1 Å². The molecule has 2 aliphatic heterocycles. The minimum Gasteiger partial charge on any atom is -0.378 e. The standard InChI is InChI=1S/C33H39N3O3S/c1-33(2,3)25-10-6-23(7-11-25)19-34-20-27-28(21-34)29(27)22-36(32(38)30-5-4-18-40-30)26-12-8-24(9-13-26)31(37)35-14-16-39-17-15-35/h4-13,18,27-29H,14-17,19-22H2,1-3H3. The first kappa shape index (κ1) is 27.2. The molecule has 2 aromatic carbocycles. The minimum atomic E-state index is 0.0239. The number of ether oxygens (including phenoxy) is 1. The SMILES string of the molecule is CC(C)(C)c1ccc(CN2CC3C(C2)C3CN(C(=O)c2cccs2)c2ccc(C(=O)N3CCOCC3)cc2)cc1. The van der Waals surface area contributed by atoms with E-state index in [9.17, 15) is 9.59 Å². The molecule has 0 radical (unpaired) electrons. The van der Waals surface area contributed by atoms with Crippen LogP contribution < -0.4 is 4.90 Å². The topological polar surface area (TPSA) is 53.1 Å². The summed E-state index contributed by atoms with van der Waals surface area (Å²) < 4.78 is 5.38. The molecule has 3 aliphatic rings. The minimum absolute atomic E-state index is 0.0239. The van der Waals surface area contributed by atoms with E-state index in [4.69, 9.17) is 4.74 Å². The molecule has 1 aromatic heterocycles. The summed E-state index contributed by atoms with van der Waals surface area (Å²) in [7, 11) is 0. The Kier molecular flexibility index (Phi) is 7.55. The quantitative estimate of drug-likeness (QED) is 0.383. The zero-order chi connectivity index (χ0) is 27.9. The van der Waals surface area contributed by atoms with Gasteiger partial charge in [0.1, 0.15) is 0 Å². The van der Waals surface area contributed by atoms with Gasteiger partial charge in [-0.15, -0.1) is 11.3 Å². The summed E-state index contributed by atoms with van der Waals surface area (Å²) in [5.41, 5.74) is 4.43. The first-order valence-corrected chi connectivity index (χ1v) is 15.3. The van der Waals surface area contributed by atoms with E-state index in [-0.39, 0.29) is 17.2 Å². The van der Waals surface area contributed by atoms with Crippen LogP contribution in [-0.2, 0) is 16.7 Å². The van der Waals surface area contributed by atoms with Crippen LogP contribution in [0, 0.1) is 17.8 Å². The highest BCUT2D eigenvalue weighted by atomic mass is 32.1. The van der Waals surface area contributed by atoms with Crippen molar-refractivity contribution in [2.45, 2.75) is 32.7 Å². The van der Waals surface area contributed by atoms with Crippen molar-refractivity contribution in [3.05, 3.63) is 87.6 Å². The lowest BCUT2D eigenvalue weighted by molar-refractivity contribution is 0.0303. The predicted molar refractivity (Wildman–Crippen MR) is 160 cm³/mol. The van der Waals surface area contributed by atoms with Gasteiger partial charge in [0.25, 0.3) is 11.8 Å². The number of rotatable bonds is 7. The summed E-state index contributed by atoms with van der Waals surface area (Å²) in [5, 5.41) is 1.95. The van der Waals surface area contributed by atoms with E-state index in [1.807, 2.05) is 51.6 Å². The summed E-state index contributed by atoms with van der Waals surface area (Å²) in [4.78, 5) is 33.6. The van der Waals surface area contributed by atoms with Crippen LogP contribution in [0.25, 0.3) is 0 Å². The number of piperidine rings is 1. The molecule has 6 rings (SSSR count). The molecule has 2 amide bonds. The van der Waals surface area contributed by atoms with Gasteiger partial charge in [-0.3, -0.25) is 14.5 Å². The molecule has 0 N–H and O–H groups in total. The van der Waals surface area contributed by atoms with E-state index in [0.29, 0.717) is 49.6 Å². The Labute approximate surface area is 241 Å². The lowest BCUT2D eigenvalue weighted by atomic mass is 9.87. The van der Waals surface area contributed by atoms with Gasteiger partial charge in [0.15, 0.2) is 0 Å². The maximum atomic E-state index is 13.6. The van der Waals surface area contributed by atoms with Gasteiger partial charge >= 0.3 is 0 Å². The summed E-state index contributed by atoms with van der Waals surface area (Å²) >= 11 is 1.48. The number of anilines is 1. The number of hydrogen-bond donors (Lipinski definition) is 0. The average molecular weight is 558 g/mol. The first-order valence-electron chi connectivity index (χ1n) is 14.4. The number of likely N-dealkylation sites (tertiary alicyclic amines) is 1. The molecule has 2 saturated heterocycles. The van der Waals surface area contributed by atoms with Crippen molar-refractivity contribution in [3.8, 4) is 0 Å². The van der Waals surface area contributed by atoms with Crippen molar-refractivity contribution in [3.63, 3.8) is 0 Å². The maximum Gasteiger partial charge on any atom is 0.268 e. The molecule has 2 atom stereocenters. The van der Waals surface area contributed by atoms with Crippen LogP contribution >= 0.6 is 11.3 Å². The average Bonchev–Trinajstić information content (AvgIpc) is 3.34. The Hall–Kier alpha value is -3.00. The van der Waals surface area contributed by atoms with Gasteiger partial charge in [-0.05, 0) is 70.0 Å². The van der Waals surface area contributed by atoms with Crippen LogP contribution in [0.1, 0.15) is 51.9 Å². The Morgan fingerprint density at radius 1 is 0.950 bits per heavy atom. The second-order valence-corrected chi connectivity index (χ2v) is 13.4. The number of fused-ring (bicyclic) bond motifs is 1. The van der Waals surface area contributed by atoms with Crippen molar-refractivity contribution in [2.24, 2.45) is 17.8 Å². The lowest BCUT2D eigenvalue weighted by Crippen LogP contribution is -2.40. The molecule has 6 nitrogen and oxygen atoms in total. The molecule has 2 unspecified atom stereocenters. The summed E-state index contributed by atoms with van der Waals surface area (Å²) in [6, 6.07) is 20.5. The molecule has 40 heavy (non-hydrogen) atoms. The largest absolute Gasteiger partial charge is 0.378 e. The molecule has 3 fully saturated rings. The van der Waals surface area contributed by atoms with Crippen molar-refractivity contribution in [2.75, 3.05) is 50.8 Å². The maximum absolute atomic E-state index is 13.6.